The van der Waals surface area contributed by atoms with E-state index in [2.05, 4.69) is 48.7 Å². The standard InChI is InChI=1S/C28H34N2O5/c1-28(2,12-11-25(31)30-16-18-15-23(18)26(32)33)13-14-29-27(34)35-17-24-21-9-5-3-7-19(21)20-8-4-6-10-22(20)24/h3-10,18,23-24H,11-17H2,1-2H3,(H,29,34)(H,30,31)(H,32,33). The maximum Gasteiger partial charge on any atom is 0.407 e. The number of amides is 2. The Labute approximate surface area is 206 Å². The van der Waals surface area contributed by atoms with Crippen LogP contribution in [-0.2, 0) is 14.3 Å². The lowest BCUT2D eigenvalue weighted by Crippen LogP contribution is -2.31. The number of carbonyl (C=O) groups excluding carboxylic acids is 2. The average Bonchev–Trinajstić information content (AvgIpc) is 3.56. The fraction of sp³-hybridized carbons (Fsp3) is 0.464. The number of hydrogen-bond acceptors (Lipinski definition) is 4. The summed E-state index contributed by atoms with van der Waals surface area (Å²) in [4.78, 5) is 35.4. The van der Waals surface area contributed by atoms with Gasteiger partial charge in [-0.25, -0.2) is 4.79 Å². The fourth-order valence-corrected chi connectivity index (χ4v) is 4.84. The normalized spacial score (nSPS) is 18.3. The van der Waals surface area contributed by atoms with E-state index in [4.69, 9.17) is 9.84 Å². The molecule has 2 amide bonds. The van der Waals surface area contributed by atoms with Crippen LogP contribution in [-0.4, -0.2) is 42.8 Å². The fourth-order valence-electron chi connectivity index (χ4n) is 4.84. The third-order valence-corrected chi connectivity index (χ3v) is 7.24. The van der Waals surface area contributed by atoms with Crippen LogP contribution in [0.15, 0.2) is 48.5 Å². The Hall–Kier alpha value is -3.35. The summed E-state index contributed by atoms with van der Waals surface area (Å²) >= 11 is 0. The first-order valence-electron chi connectivity index (χ1n) is 12.3. The summed E-state index contributed by atoms with van der Waals surface area (Å²) in [5.41, 5.74) is 4.63. The van der Waals surface area contributed by atoms with Gasteiger partial charge in [0.1, 0.15) is 6.61 Å². The minimum absolute atomic E-state index is 0.0320. The number of alkyl carbamates (subject to hydrolysis) is 1. The van der Waals surface area contributed by atoms with Crippen molar-refractivity contribution in [3.8, 4) is 11.1 Å². The summed E-state index contributed by atoms with van der Waals surface area (Å²) in [6.07, 6.45) is 1.98. The molecule has 0 spiro atoms. The molecule has 1 fully saturated rings. The summed E-state index contributed by atoms with van der Waals surface area (Å²) < 4.78 is 5.58. The van der Waals surface area contributed by atoms with Gasteiger partial charge in [-0.15, -0.1) is 0 Å². The number of rotatable bonds is 11. The van der Waals surface area contributed by atoms with Crippen LogP contribution < -0.4 is 10.6 Å². The van der Waals surface area contributed by atoms with E-state index in [1.54, 1.807) is 0 Å². The molecule has 2 aromatic rings. The van der Waals surface area contributed by atoms with Crippen LogP contribution in [0.5, 0.6) is 0 Å². The lowest BCUT2D eigenvalue weighted by Gasteiger charge is -2.24. The van der Waals surface area contributed by atoms with Crippen molar-refractivity contribution in [3.63, 3.8) is 0 Å². The number of nitrogens with one attached hydrogen (secondary N) is 2. The quantitative estimate of drug-likeness (QED) is 0.439. The minimum Gasteiger partial charge on any atom is -0.481 e. The molecule has 0 radical (unpaired) electrons. The zero-order valence-corrected chi connectivity index (χ0v) is 20.4. The second-order valence-corrected chi connectivity index (χ2v) is 10.4. The zero-order chi connectivity index (χ0) is 25.0. The third-order valence-electron chi connectivity index (χ3n) is 7.24. The lowest BCUT2D eigenvalue weighted by molar-refractivity contribution is -0.139. The Morgan fingerprint density at radius 1 is 0.971 bits per heavy atom. The van der Waals surface area contributed by atoms with Crippen molar-refractivity contribution in [2.24, 2.45) is 17.3 Å². The minimum atomic E-state index is -0.783. The predicted octanol–water partition coefficient (Wildman–Crippen LogP) is 4.56. The first-order valence-corrected chi connectivity index (χ1v) is 12.3. The molecule has 2 unspecified atom stereocenters. The Balaban J connectivity index is 1.16. The van der Waals surface area contributed by atoms with E-state index in [1.165, 1.54) is 22.3 Å². The summed E-state index contributed by atoms with van der Waals surface area (Å²) in [5, 5.41) is 14.6. The van der Waals surface area contributed by atoms with Gasteiger partial charge in [0.2, 0.25) is 5.91 Å². The summed E-state index contributed by atoms with van der Waals surface area (Å²) in [6.45, 7) is 5.32. The number of fused-ring (bicyclic) bond motifs is 3. The second-order valence-electron chi connectivity index (χ2n) is 10.4. The Bertz CT molecular complexity index is 1050. The van der Waals surface area contributed by atoms with E-state index >= 15 is 0 Å². The van der Waals surface area contributed by atoms with E-state index in [0.29, 0.717) is 38.8 Å². The smallest absolute Gasteiger partial charge is 0.407 e. The van der Waals surface area contributed by atoms with Gasteiger partial charge in [0.25, 0.3) is 0 Å². The number of carboxylic acids is 1. The molecule has 2 aliphatic carbocycles. The lowest BCUT2D eigenvalue weighted by atomic mass is 9.84. The third kappa shape index (κ3) is 6.21. The molecule has 2 atom stereocenters. The molecule has 186 valence electrons. The first-order chi connectivity index (χ1) is 16.7. The van der Waals surface area contributed by atoms with Gasteiger partial charge < -0.3 is 20.5 Å². The Morgan fingerprint density at radius 3 is 2.20 bits per heavy atom. The number of hydrogen-bond donors (Lipinski definition) is 3. The van der Waals surface area contributed by atoms with Crippen molar-refractivity contribution in [2.75, 3.05) is 19.7 Å². The molecule has 0 bridgehead atoms. The van der Waals surface area contributed by atoms with Crippen molar-refractivity contribution in [1.82, 2.24) is 10.6 Å². The van der Waals surface area contributed by atoms with Crippen LogP contribution in [0, 0.1) is 17.3 Å². The largest absolute Gasteiger partial charge is 0.481 e. The van der Waals surface area contributed by atoms with Gasteiger partial charge in [-0.05, 0) is 52.8 Å². The SMILES string of the molecule is CC(C)(CCNC(=O)OCC1c2ccccc2-c2ccccc21)CCC(=O)NCC1CC1C(=O)O. The van der Waals surface area contributed by atoms with E-state index < -0.39 is 12.1 Å². The van der Waals surface area contributed by atoms with E-state index in [-0.39, 0.29) is 35.7 Å². The van der Waals surface area contributed by atoms with Crippen LogP contribution in [0.25, 0.3) is 11.1 Å². The molecule has 1 saturated carbocycles. The number of benzene rings is 2. The topological polar surface area (TPSA) is 105 Å². The molecule has 0 heterocycles. The van der Waals surface area contributed by atoms with Gasteiger partial charge >= 0.3 is 12.1 Å². The maximum absolute atomic E-state index is 12.4. The van der Waals surface area contributed by atoms with Crippen LogP contribution in [0.3, 0.4) is 0 Å². The molecule has 0 saturated heterocycles. The molecule has 2 aromatic carbocycles. The predicted molar refractivity (Wildman–Crippen MR) is 133 cm³/mol. The molecule has 35 heavy (non-hydrogen) atoms. The maximum atomic E-state index is 12.4. The van der Waals surface area contributed by atoms with Crippen LogP contribution in [0.4, 0.5) is 4.79 Å². The summed E-state index contributed by atoms with van der Waals surface area (Å²) in [5.74, 6) is -1.06. The van der Waals surface area contributed by atoms with E-state index in [0.717, 1.165) is 0 Å². The van der Waals surface area contributed by atoms with Gasteiger partial charge in [0, 0.05) is 25.4 Å². The molecule has 7 nitrogen and oxygen atoms in total. The summed E-state index contributed by atoms with van der Waals surface area (Å²) in [7, 11) is 0. The highest BCUT2D eigenvalue weighted by Crippen LogP contribution is 2.44. The molecule has 2 aliphatic rings. The Morgan fingerprint density at radius 2 is 1.60 bits per heavy atom. The van der Waals surface area contributed by atoms with Gasteiger partial charge in [0.15, 0.2) is 0 Å². The van der Waals surface area contributed by atoms with E-state index in [1.807, 2.05) is 24.3 Å². The van der Waals surface area contributed by atoms with Crippen molar-refractivity contribution in [1.29, 1.82) is 0 Å². The van der Waals surface area contributed by atoms with Crippen molar-refractivity contribution in [3.05, 3.63) is 59.7 Å². The van der Waals surface area contributed by atoms with E-state index in [9.17, 15) is 14.4 Å². The number of carbonyl (C=O) groups is 3. The van der Waals surface area contributed by atoms with Gasteiger partial charge in [-0.3, -0.25) is 9.59 Å². The number of ether oxygens (including phenoxy) is 1. The Kier molecular flexibility index (Phi) is 7.43. The molecular formula is C28H34N2O5. The number of aliphatic carboxylic acids is 1. The van der Waals surface area contributed by atoms with Crippen LogP contribution in [0.2, 0.25) is 0 Å². The molecule has 4 rings (SSSR count). The average molecular weight is 479 g/mol. The second kappa shape index (κ2) is 10.5. The highest BCUT2D eigenvalue weighted by atomic mass is 16.5. The number of carboxylic acid groups (broad SMARTS) is 1. The van der Waals surface area contributed by atoms with Gasteiger partial charge in [0.05, 0.1) is 5.92 Å². The molecule has 0 aromatic heterocycles. The van der Waals surface area contributed by atoms with Gasteiger partial charge in [-0.1, -0.05) is 62.4 Å². The van der Waals surface area contributed by atoms with Crippen LogP contribution >= 0.6 is 0 Å². The van der Waals surface area contributed by atoms with Gasteiger partial charge in [-0.2, -0.15) is 0 Å². The summed E-state index contributed by atoms with van der Waals surface area (Å²) in [6, 6.07) is 16.5. The first kappa shape index (κ1) is 24.8. The van der Waals surface area contributed by atoms with Crippen molar-refractivity contribution in [2.45, 2.75) is 45.4 Å². The zero-order valence-electron chi connectivity index (χ0n) is 20.4. The van der Waals surface area contributed by atoms with Crippen LogP contribution in [0.1, 0.15) is 56.6 Å². The molecule has 0 aliphatic heterocycles. The highest BCUT2D eigenvalue weighted by molar-refractivity contribution is 5.79. The molecular weight excluding hydrogens is 444 g/mol. The molecule has 7 heteroatoms. The highest BCUT2D eigenvalue weighted by Gasteiger charge is 2.43. The van der Waals surface area contributed by atoms with Crippen molar-refractivity contribution >= 4 is 18.0 Å². The van der Waals surface area contributed by atoms with Crippen molar-refractivity contribution < 1.29 is 24.2 Å². The molecule has 3 N–H and O–H groups in total. The monoisotopic (exact) mass is 478 g/mol.